The van der Waals surface area contributed by atoms with Crippen molar-refractivity contribution in [3.05, 3.63) is 12.7 Å². The summed E-state index contributed by atoms with van der Waals surface area (Å²) in [6.45, 7) is 14.0. The third-order valence-corrected chi connectivity index (χ3v) is 10.2. The van der Waals surface area contributed by atoms with Crippen LogP contribution >= 0.6 is 0 Å². The average Bonchev–Trinajstić information content (AvgIpc) is 3.11. The van der Waals surface area contributed by atoms with Crippen molar-refractivity contribution in [1.29, 1.82) is 0 Å². The van der Waals surface area contributed by atoms with Crippen LogP contribution in [0.3, 0.4) is 0 Å². The molecule has 0 aromatic rings. The third kappa shape index (κ3) is 4.41. The molecule has 198 valence electrons. The van der Waals surface area contributed by atoms with Gasteiger partial charge in [-0.25, -0.2) is 23.3 Å². The van der Waals surface area contributed by atoms with Gasteiger partial charge in [0.2, 0.25) is 0 Å². The molecule has 3 rings (SSSR count). The molecule has 0 heterocycles. The Kier molecular flexibility index (Phi) is 7.00. The lowest BCUT2D eigenvalue weighted by Crippen LogP contribution is -2.66. The van der Waals surface area contributed by atoms with Crippen LogP contribution in [0.2, 0.25) is 0 Å². The highest BCUT2D eigenvalue weighted by Gasteiger charge is 2.71. The zero-order valence-corrected chi connectivity index (χ0v) is 22.4. The summed E-state index contributed by atoms with van der Waals surface area (Å²) in [6, 6.07) is 0. The maximum absolute atomic E-state index is 13.5. The van der Waals surface area contributed by atoms with E-state index in [-0.39, 0.29) is 18.1 Å². The molecule has 0 spiro atoms. The van der Waals surface area contributed by atoms with Gasteiger partial charge >= 0.3 is 12.2 Å². The molecule has 3 aliphatic carbocycles. The number of nitrogens with one attached hydrogen (secondary N) is 1. The van der Waals surface area contributed by atoms with Crippen LogP contribution in [-0.2, 0) is 24.1 Å². The van der Waals surface area contributed by atoms with Crippen LogP contribution in [0.4, 0.5) is 9.59 Å². The molecule has 0 radical (unpaired) electrons. The number of ether oxygens (including phenoxy) is 2. The smallest absolute Gasteiger partial charge is 0.417 e. The molecule has 2 amide bonds. The van der Waals surface area contributed by atoms with Gasteiger partial charge in [-0.15, -0.1) is 6.58 Å². The van der Waals surface area contributed by atoms with Crippen LogP contribution < -0.4 is 5.32 Å². The van der Waals surface area contributed by atoms with Gasteiger partial charge in [0.1, 0.15) is 11.9 Å². The number of sulfone groups is 1. The lowest BCUT2D eigenvalue weighted by Gasteiger charge is -2.65. The second-order valence-electron chi connectivity index (χ2n) is 11.9. The van der Waals surface area contributed by atoms with Crippen LogP contribution in [0.1, 0.15) is 66.7 Å². The van der Waals surface area contributed by atoms with Crippen molar-refractivity contribution in [2.45, 2.75) is 78.9 Å². The maximum atomic E-state index is 13.5. The number of aliphatic hydroxyl groups is 1. The van der Waals surface area contributed by atoms with E-state index in [0.29, 0.717) is 12.8 Å². The van der Waals surface area contributed by atoms with Crippen LogP contribution in [0, 0.1) is 33.5 Å². The molecule has 3 aliphatic rings. The highest BCUT2D eigenvalue weighted by atomic mass is 32.2. The molecule has 9 nitrogen and oxygen atoms in total. The number of ketones is 1. The van der Waals surface area contributed by atoms with E-state index in [2.05, 4.69) is 18.2 Å². The molecular formula is C25H39NO8S. The zero-order valence-electron chi connectivity index (χ0n) is 21.5. The summed E-state index contributed by atoms with van der Waals surface area (Å²) in [5, 5.41) is 13.6. The summed E-state index contributed by atoms with van der Waals surface area (Å²) < 4.78 is 32.9. The van der Waals surface area contributed by atoms with E-state index < -0.39 is 67.7 Å². The quantitative estimate of drug-likeness (QED) is 0.544. The van der Waals surface area contributed by atoms with Gasteiger partial charge < -0.3 is 14.6 Å². The number of rotatable bonds is 4. The van der Waals surface area contributed by atoms with Crippen LogP contribution in [0.5, 0.6) is 0 Å². The number of imide groups is 1. The van der Waals surface area contributed by atoms with E-state index in [4.69, 9.17) is 4.74 Å². The maximum Gasteiger partial charge on any atom is 0.417 e. The molecule has 0 saturated heterocycles. The van der Waals surface area contributed by atoms with Crippen molar-refractivity contribution in [2.75, 3.05) is 12.2 Å². The van der Waals surface area contributed by atoms with Gasteiger partial charge in [0.15, 0.2) is 15.8 Å². The first-order chi connectivity index (χ1) is 15.9. The van der Waals surface area contributed by atoms with E-state index in [1.54, 1.807) is 6.08 Å². The van der Waals surface area contributed by atoms with E-state index in [0.717, 1.165) is 19.1 Å². The Morgan fingerprint density at radius 3 is 2.40 bits per heavy atom. The fraction of sp³-hybridized carbons (Fsp3) is 0.800. The molecule has 7 atom stereocenters. The van der Waals surface area contributed by atoms with Gasteiger partial charge in [0.25, 0.3) is 0 Å². The Morgan fingerprint density at radius 1 is 1.20 bits per heavy atom. The Hall–Kier alpha value is -1.94. The second kappa shape index (κ2) is 8.87. The van der Waals surface area contributed by atoms with Gasteiger partial charge in [0.05, 0.1) is 6.10 Å². The number of aliphatic hydroxyl groups excluding tert-OH is 1. The monoisotopic (exact) mass is 513 g/mol. The van der Waals surface area contributed by atoms with Crippen molar-refractivity contribution >= 4 is 27.8 Å². The molecule has 0 aliphatic heterocycles. The first-order valence-corrected chi connectivity index (χ1v) is 14.2. The molecule has 35 heavy (non-hydrogen) atoms. The highest BCUT2D eigenvalue weighted by Crippen LogP contribution is 2.71. The standard InChI is InChI=1S/C25H39NO8S/c1-8-23(5)13-17(34-21(30)26-20(29)33-14-35(7,31)32)24(6)15(2)9-11-25(22(3,4)19(23)28)12-10-16(27)18(24)25/h8,15,17-19,28H,1,9-14H2,2-7H3,(H,26,29,30)/t15?,17-,18+,19+,23-,24+,25-/m1/s1. The minimum absolute atomic E-state index is 0.0257. The minimum atomic E-state index is -3.58. The van der Waals surface area contributed by atoms with E-state index in [1.165, 1.54) is 0 Å². The Balaban J connectivity index is 2.02. The first-order valence-electron chi connectivity index (χ1n) is 12.1. The molecule has 2 bridgehead atoms. The molecule has 3 fully saturated rings. The van der Waals surface area contributed by atoms with Gasteiger partial charge in [-0.1, -0.05) is 40.7 Å². The fourth-order valence-corrected chi connectivity index (χ4v) is 7.69. The van der Waals surface area contributed by atoms with Crippen molar-refractivity contribution in [3.63, 3.8) is 0 Å². The predicted molar refractivity (Wildman–Crippen MR) is 129 cm³/mol. The van der Waals surface area contributed by atoms with Gasteiger partial charge in [0, 0.05) is 29.4 Å². The van der Waals surface area contributed by atoms with Gasteiger partial charge in [-0.05, 0) is 42.4 Å². The predicted octanol–water partition coefficient (Wildman–Crippen LogP) is 3.60. The number of carbonyl (C=O) groups is 3. The molecule has 0 aromatic heterocycles. The van der Waals surface area contributed by atoms with Crippen molar-refractivity contribution in [3.8, 4) is 0 Å². The van der Waals surface area contributed by atoms with E-state index in [1.807, 2.05) is 33.0 Å². The first kappa shape index (κ1) is 27.6. The topological polar surface area (TPSA) is 136 Å². The fourth-order valence-electron chi connectivity index (χ4n) is 7.37. The lowest BCUT2D eigenvalue weighted by molar-refractivity contribution is -0.219. The van der Waals surface area contributed by atoms with Crippen LogP contribution in [0.25, 0.3) is 0 Å². The molecule has 2 N–H and O–H groups in total. The molecule has 3 saturated carbocycles. The van der Waals surface area contributed by atoms with E-state index in [9.17, 15) is 27.9 Å². The van der Waals surface area contributed by atoms with E-state index >= 15 is 0 Å². The van der Waals surface area contributed by atoms with Crippen molar-refractivity contribution in [2.24, 2.45) is 33.5 Å². The number of hydrogen-bond acceptors (Lipinski definition) is 8. The zero-order chi connectivity index (χ0) is 26.6. The second-order valence-corrected chi connectivity index (χ2v) is 14.0. The Morgan fingerprint density at radius 2 is 1.83 bits per heavy atom. The summed E-state index contributed by atoms with van der Waals surface area (Å²) in [5.41, 5.74) is -2.66. The number of carbonyl (C=O) groups excluding carboxylic acids is 3. The number of Topliss-reactive ketones (excluding diaryl/α,β-unsaturated/α-hetero) is 1. The molecule has 1 unspecified atom stereocenters. The van der Waals surface area contributed by atoms with Crippen molar-refractivity contribution < 1.29 is 37.4 Å². The van der Waals surface area contributed by atoms with Crippen molar-refractivity contribution in [1.82, 2.24) is 5.32 Å². The van der Waals surface area contributed by atoms with Gasteiger partial charge in [-0.2, -0.15) is 0 Å². The summed E-state index contributed by atoms with van der Waals surface area (Å²) in [7, 11) is -3.58. The summed E-state index contributed by atoms with van der Waals surface area (Å²) in [4.78, 5) is 38.2. The minimum Gasteiger partial charge on any atom is -0.445 e. The van der Waals surface area contributed by atoms with Crippen LogP contribution in [0.15, 0.2) is 12.7 Å². The van der Waals surface area contributed by atoms with Crippen LogP contribution in [-0.4, -0.2) is 55.9 Å². The highest BCUT2D eigenvalue weighted by molar-refractivity contribution is 7.90. The lowest BCUT2D eigenvalue weighted by atomic mass is 9.40. The number of alkyl carbamates (subject to hydrolysis) is 2. The summed E-state index contributed by atoms with van der Waals surface area (Å²) in [5.74, 6) is -1.16. The Labute approximate surface area is 207 Å². The number of amides is 2. The number of hydrogen-bond donors (Lipinski definition) is 2. The Bertz CT molecular complexity index is 1020. The molecule has 10 heteroatoms. The van der Waals surface area contributed by atoms with Gasteiger partial charge in [-0.3, -0.25) is 4.79 Å². The molecule has 0 aromatic carbocycles. The summed E-state index contributed by atoms with van der Waals surface area (Å²) >= 11 is 0. The molecular weight excluding hydrogens is 474 g/mol. The normalized spacial score (nSPS) is 40.6. The largest absolute Gasteiger partial charge is 0.445 e. The third-order valence-electron chi connectivity index (χ3n) is 9.63. The average molecular weight is 514 g/mol. The SMILES string of the molecule is C=C[C@]1(C)C[C@@H](OC(=O)NC(=O)OCS(C)(=O)=O)[C@]2(C)C(C)CC[C@]3(CCC(=O)[C@@H]23)C(C)(C)[C@@H]1O. The summed E-state index contributed by atoms with van der Waals surface area (Å²) in [6.07, 6.45) is 1.43.